The monoisotopic (exact) mass is 297 g/mol. The van der Waals surface area contributed by atoms with Crippen LogP contribution < -0.4 is 0 Å². The predicted molar refractivity (Wildman–Crippen MR) is 78.1 cm³/mol. The summed E-state index contributed by atoms with van der Waals surface area (Å²) in [6.07, 6.45) is 1.99. The number of carboxylic acids is 1. The number of hydrogen-bond donors (Lipinski definition) is 1. The van der Waals surface area contributed by atoms with Crippen LogP contribution >= 0.6 is 11.6 Å². The van der Waals surface area contributed by atoms with Crippen LogP contribution in [0.3, 0.4) is 0 Å². The lowest BCUT2D eigenvalue weighted by Crippen LogP contribution is -2.38. The molecule has 20 heavy (non-hydrogen) atoms. The summed E-state index contributed by atoms with van der Waals surface area (Å²) in [5.74, 6) is -0.717. The van der Waals surface area contributed by atoms with Crippen molar-refractivity contribution in [2.45, 2.75) is 25.4 Å². The topological polar surface area (TPSA) is 49.8 Å². The van der Waals surface area contributed by atoms with Gasteiger partial charge in [0.05, 0.1) is 12.7 Å². The zero-order valence-corrected chi connectivity index (χ0v) is 12.2. The third-order valence-electron chi connectivity index (χ3n) is 3.51. The highest BCUT2D eigenvalue weighted by molar-refractivity contribution is 6.30. The first-order valence-electron chi connectivity index (χ1n) is 6.96. The second kappa shape index (κ2) is 7.62. The van der Waals surface area contributed by atoms with E-state index in [1.807, 2.05) is 24.3 Å². The van der Waals surface area contributed by atoms with Crippen molar-refractivity contribution in [2.24, 2.45) is 0 Å². The number of aliphatic carboxylic acids is 1. The van der Waals surface area contributed by atoms with Crippen molar-refractivity contribution in [1.82, 2.24) is 4.90 Å². The van der Waals surface area contributed by atoms with Crippen molar-refractivity contribution in [3.8, 4) is 0 Å². The number of unbranched alkanes of at least 4 members (excludes halogenated alkanes) is 1. The van der Waals surface area contributed by atoms with Crippen molar-refractivity contribution >= 4 is 17.6 Å². The molecule has 1 saturated heterocycles. The van der Waals surface area contributed by atoms with Gasteiger partial charge in [-0.05, 0) is 37.1 Å². The number of ether oxygens (including phenoxy) is 1. The van der Waals surface area contributed by atoms with Gasteiger partial charge in [-0.3, -0.25) is 9.69 Å². The first-order chi connectivity index (χ1) is 9.65. The van der Waals surface area contributed by atoms with Crippen LogP contribution in [0, 0.1) is 0 Å². The summed E-state index contributed by atoms with van der Waals surface area (Å²) in [6, 6.07) is 7.76. The van der Waals surface area contributed by atoms with Gasteiger partial charge in [-0.2, -0.15) is 0 Å². The van der Waals surface area contributed by atoms with Gasteiger partial charge in [0.1, 0.15) is 0 Å². The quantitative estimate of drug-likeness (QED) is 0.820. The van der Waals surface area contributed by atoms with Crippen LogP contribution in [-0.4, -0.2) is 42.2 Å². The molecular weight excluding hydrogens is 278 g/mol. The molecule has 1 aromatic rings. The number of morpholine rings is 1. The maximum absolute atomic E-state index is 10.5. The minimum atomic E-state index is -0.717. The first-order valence-corrected chi connectivity index (χ1v) is 7.34. The Morgan fingerprint density at radius 3 is 2.80 bits per heavy atom. The fourth-order valence-electron chi connectivity index (χ4n) is 2.40. The van der Waals surface area contributed by atoms with E-state index in [4.69, 9.17) is 21.4 Å². The molecule has 1 aliphatic heterocycles. The summed E-state index contributed by atoms with van der Waals surface area (Å²) in [5, 5.41) is 9.35. The largest absolute Gasteiger partial charge is 0.481 e. The van der Waals surface area contributed by atoms with Gasteiger partial charge in [0, 0.05) is 24.5 Å². The standard InChI is InChI=1S/C15H20ClNO3/c16-13-6-4-12(5-7-13)14-11-17(9-10-20-14)8-2-1-3-15(18)19/h4-7,14H,1-3,8-11H2,(H,18,19). The summed E-state index contributed by atoms with van der Waals surface area (Å²) in [5.41, 5.74) is 1.14. The number of nitrogens with zero attached hydrogens (tertiary/aromatic N) is 1. The molecule has 0 aliphatic carbocycles. The fourth-order valence-corrected chi connectivity index (χ4v) is 2.52. The lowest BCUT2D eigenvalue weighted by atomic mass is 10.1. The third-order valence-corrected chi connectivity index (χ3v) is 3.76. The Labute approximate surface area is 124 Å². The molecule has 0 radical (unpaired) electrons. The van der Waals surface area contributed by atoms with Gasteiger partial charge in [0.15, 0.2) is 0 Å². The number of carbonyl (C=O) groups is 1. The van der Waals surface area contributed by atoms with E-state index in [2.05, 4.69) is 4.90 Å². The van der Waals surface area contributed by atoms with Crippen LogP contribution in [-0.2, 0) is 9.53 Å². The third kappa shape index (κ3) is 4.78. The second-order valence-electron chi connectivity index (χ2n) is 5.06. The summed E-state index contributed by atoms with van der Waals surface area (Å²) in [6.45, 7) is 3.42. The average Bonchev–Trinajstić information content (AvgIpc) is 2.44. The van der Waals surface area contributed by atoms with E-state index >= 15 is 0 Å². The van der Waals surface area contributed by atoms with E-state index in [1.165, 1.54) is 0 Å². The zero-order valence-electron chi connectivity index (χ0n) is 11.4. The average molecular weight is 298 g/mol. The molecule has 5 heteroatoms. The first kappa shape index (κ1) is 15.3. The normalized spacial score (nSPS) is 19.9. The Balaban J connectivity index is 1.79. The number of benzene rings is 1. The molecule has 0 aromatic heterocycles. The van der Waals surface area contributed by atoms with E-state index in [1.54, 1.807) is 0 Å². The molecule has 0 spiro atoms. The van der Waals surface area contributed by atoms with Crippen molar-refractivity contribution in [1.29, 1.82) is 0 Å². The maximum atomic E-state index is 10.5. The van der Waals surface area contributed by atoms with E-state index in [0.29, 0.717) is 6.61 Å². The highest BCUT2D eigenvalue weighted by Gasteiger charge is 2.21. The fraction of sp³-hybridized carbons (Fsp3) is 0.533. The highest BCUT2D eigenvalue weighted by Crippen LogP contribution is 2.23. The van der Waals surface area contributed by atoms with Gasteiger partial charge in [-0.15, -0.1) is 0 Å². The molecule has 1 atom stereocenters. The highest BCUT2D eigenvalue weighted by atomic mass is 35.5. The van der Waals surface area contributed by atoms with Gasteiger partial charge in [-0.1, -0.05) is 23.7 Å². The summed E-state index contributed by atoms with van der Waals surface area (Å²) in [4.78, 5) is 12.8. The van der Waals surface area contributed by atoms with E-state index in [0.717, 1.165) is 43.1 Å². The van der Waals surface area contributed by atoms with Gasteiger partial charge in [0.25, 0.3) is 0 Å². The summed E-state index contributed by atoms with van der Waals surface area (Å²) < 4.78 is 5.80. The molecule has 4 nitrogen and oxygen atoms in total. The molecule has 110 valence electrons. The van der Waals surface area contributed by atoms with Gasteiger partial charge in [-0.25, -0.2) is 0 Å². The molecule has 1 fully saturated rings. The van der Waals surface area contributed by atoms with Gasteiger partial charge in [0.2, 0.25) is 0 Å². The molecular formula is C15H20ClNO3. The molecule has 1 unspecified atom stereocenters. The molecule has 1 aromatic carbocycles. The smallest absolute Gasteiger partial charge is 0.303 e. The predicted octanol–water partition coefficient (Wildman–Crippen LogP) is 2.97. The van der Waals surface area contributed by atoms with Gasteiger partial charge >= 0.3 is 5.97 Å². The number of hydrogen-bond acceptors (Lipinski definition) is 3. The Morgan fingerprint density at radius 2 is 2.10 bits per heavy atom. The molecule has 2 rings (SSSR count). The van der Waals surface area contributed by atoms with Crippen LogP contribution in [0.15, 0.2) is 24.3 Å². The minimum Gasteiger partial charge on any atom is -0.481 e. The van der Waals surface area contributed by atoms with Crippen LogP contribution in [0.4, 0.5) is 0 Å². The number of carboxylic acid groups (broad SMARTS) is 1. The Hall–Kier alpha value is -1.10. The van der Waals surface area contributed by atoms with E-state index in [-0.39, 0.29) is 12.5 Å². The molecule has 0 saturated carbocycles. The summed E-state index contributed by atoms with van der Waals surface area (Å²) >= 11 is 5.89. The molecule has 1 aliphatic rings. The maximum Gasteiger partial charge on any atom is 0.303 e. The number of halogens is 1. The Bertz CT molecular complexity index is 435. The van der Waals surface area contributed by atoms with Crippen molar-refractivity contribution in [3.05, 3.63) is 34.9 Å². The second-order valence-corrected chi connectivity index (χ2v) is 5.50. The van der Waals surface area contributed by atoms with Crippen molar-refractivity contribution in [3.63, 3.8) is 0 Å². The Kier molecular flexibility index (Phi) is 5.83. The van der Waals surface area contributed by atoms with E-state index < -0.39 is 5.97 Å². The van der Waals surface area contributed by atoms with Crippen molar-refractivity contribution in [2.75, 3.05) is 26.2 Å². The lowest BCUT2D eigenvalue weighted by molar-refractivity contribution is -0.137. The minimum absolute atomic E-state index is 0.0838. The molecule has 0 bridgehead atoms. The molecule has 0 amide bonds. The SMILES string of the molecule is O=C(O)CCCCN1CCOC(c2ccc(Cl)cc2)C1. The molecule has 1 N–H and O–H groups in total. The Morgan fingerprint density at radius 1 is 1.35 bits per heavy atom. The van der Waals surface area contributed by atoms with E-state index in [9.17, 15) is 4.79 Å². The van der Waals surface area contributed by atoms with Crippen LogP contribution in [0.5, 0.6) is 0 Å². The lowest BCUT2D eigenvalue weighted by Gasteiger charge is -2.33. The summed E-state index contributed by atoms with van der Waals surface area (Å²) in [7, 11) is 0. The number of rotatable bonds is 6. The van der Waals surface area contributed by atoms with Crippen LogP contribution in [0.2, 0.25) is 5.02 Å². The van der Waals surface area contributed by atoms with Crippen molar-refractivity contribution < 1.29 is 14.6 Å². The van der Waals surface area contributed by atoms with Crippen LogP contribution in [0.25, 0.3) is 0 Å². The zero-order chi connectivity index (χ0) is 14.4. The van der Waals surface area contributed by atoms with Crippen LogP contribution in [0.1, 0.15) is 30.9 Å². The molecule has 1 heterocycles. The van der Waals surface area contributed by atoms with Gasteiger partial charge < -0.3 is 9.84 Å².